The van der Waals surface area contributed by atoms with E-state index in [0.717, 1.165) is 22.2 Å². The first-order valence-electron chi connectivity index (χ1n) is 7.48. The van der Waals surface area contributed by atoms with Crippen molar-refractivity contribution in [2.24, 2.45) is 0 Å². The molecule has 0 bridgehead atoms. The number of aromatic amines is 1. The standard InChI is InChI=1S/C15H17N5O2S.CH2O2/c1-16-15-17-10(8-23-15)14-18-13(19-20-14)7-9-4-5-11(21-2)12(6-9)22-3;2-1-3/h4-6,8H,7H2,1-3H3,(H,16,17)(H,18,19,20);1H,(H,2,3). The minimum atomic E-state index is -0.250. The van der Waals surface area contributed by atoms with Gasteiger partial charge in [-0.25, -0.2) is 9.97 Å². The van der Waals surface area contributed by atoms with Crippen LogP contribution in [-0.4, -0.2) is 53.0 Å². The molecule has 0 spiro atoms. The van der Waals surface area contributed by atoms with E-state index in [0.29, 0.717) is 23.7 Å². The average Bonchev–Trinajstić information content (AvgIpc) is 3.31. The van der Waals surface area contributed by atoms with Crippen LogP contribution in [0.5, 0.6) is 11.5 Å². The molecule has 0 amide bonds. The van der Waals surface area contributed by atoms with Gasteiger partial charge >= 0.3 is 0 Å². The van der Waals surface area contributed by atoms with Gasteiger partial charge in [0.05, 0.1) is 14.2 Å². The third-order valence-electron chi connectivity index (χ3n) is 3.30. The molecule has 9 nitrogen and oxygen atoms in total. The van der Waals surface area contributed by atoms with Crippen molar-refractivity contribution < 1.29 is 19.4 Å². The van der Waals surface area contributed by atoms with E-state index in [1.54, 1.807) is 14.2 Å². The number of nitrogens with one attached hydrogen (secondary N) is 2. The normalized spacial score (nSPS) is 9.81. The fourth-order valence-electron chi connectivity index (χ4n) is 2.16. The molecule has 0 aliphatic heterocycles. The number of nitrogens with zero attached hydrogens (tertiary/aromatic N) is 3. The number of H-pyrrole nitrogens is 1. The number of ether oxygens (including phenoxy) is 2. The van der Waals surface area contributed by atoms with Crippen LogP contribution < -0.4 is 14.8 Å². The molecule has 2 heterocycles. The van der Waals surface area contributed by atoms with E-state index < -0.39 is 0 Å². The lowest BCUT2D eigenvalue weighted by Crippen LogP contribution is -1.95. The molecule has 3 N–H and O–H groups in total. The molecule has 26 heavy (non-hydrogen) atoms. The summed E-state index contributed by atoms with van der Waals surface area (Å²) in [6.07, 6.45) is 0.621. The van der Waals surface area contributed by atoms with Crippen LogP contribution in [0.4, 0.5) is 5.13 Å². The molecule has 0 fully saturated rings. The zero-order chi connectivity index (χ0) is 18.9. The molecule has 0 atom stereocenters. The predicted molar refractivity (Wildman–Crippen MR) is 98.1 cm³/mol. The van der Waals surface area contributed by atoms with Crippen molar-refractivity contribution in [2.45, 2.75) is 6.42 Å². The van der Waals surface area contributed by atoms with E-state index in [9.17, 15) is 0 Å². The molecule has 1 aromatic carbocycles. The number of carboxylic acid groups (broad SMARTS) is 1. The van der Waals surface area contributed by atoms with Gasteiger partial charge < -0.3 is 19.9 Å². The molecule has 3 aromatic rings. The zero-order valence-corrected chi connectivity index (χ0v) is 15.3. The molecule has 0 unspecified atom stereocenters. The van der Waals surface area contributed by atoms with E-state index in [4.69, 9.17) is 19.4 Å². The van der Waals surface area contributed by atoms with Crippen LogP contribution in [0.25, 0.3) is 11.5 Å². The van der Waals surface area contributed by atoms with Gasteiger partial charge in [-0.2, -0.15) is 5.10 Å². The number of anilines is 1. The maximum Gasteiger partial charge on any atom is 0.290 e. The van der Waals surface area contributed by atoms with Gasteiger partial charge in [-0.05, 0) is 17.7 Å². The smallest absolute Gasteiger partial charge is 0.290 e. The predicted octanol–water partition coefficient (Wildman–Crippen LogP) is 2.28. The lowest BCUT2D eigenvalue weighted by molar-refractivity contribution is -0.122. The van der Waals surface area contributed by atoms with Gasteiger partial charge in [0.15, 0.2) is 16.6 Å². The Kier molecular flexibility index (Phi) is 6.92. The SMILES string of the molecule is CNc1nc(-c2n[nH]c(Cc3ccc(OC)c(OC)c3)n2)cs1.O=CO. The summed E-state index contributed by atoms with van der Waals surface area (Å²) in [7, 11) is 5.08. The van der Waals surface area contributed by atoms with Crippen molar-refractivity contribution >= 4 is 22.9 Å². The van der Waals surface area contributed by atoms with Gasteiger partial charge in [-0.1, -0.05) is 6.07 Å². The van der Waals surface area contributed by atoms with Crippen LogP contribution in [0, 0.1) is 0 Å². The summed E-state index contributed by atoms with van der Waals surface area (Å²) in [5.41, 5.74) is 1.81. The van der Waals surface area contributed by atoms with Gasteiger partial charge in [0.2, 0.25) is 5.82 Å². The van der Waals surface area contributed by atoms with Gasteiger partial charge in [0.25, 0.3) is 6.47 Å². The Morgan fingerprint density at radius 2 is 2.00 bits per heavy atom. The molecule has 0 radical (unpaired) electrons. The van der Waals surface area contributed by atoms with Crippen molar-refractivity contribution in [3.05, 3.63) is 35.0 Å². The van der Waals surface area contributed by atoms with Gasteiger partial charge in [0, 0.05) is 18.8 Å². The highest BCUT2D eigenvalue weighted by Crippen LogP contribution is 2.28. The summed E-state index contributed by atoms with van der Waals surface area (Å²) >= 11 is 1.52. The van der Waals surface area contributed by atoms with E-state index in [2.05, 4.69) is 25.5 Å². The summed E-state index contributed by atoms with van der Waals surface area (Å²) < 4.78 is 10.6. The van der Waals surface area contributed by atoms with Gasteiger partial charge in [-0.3, -0.25) is 9.89 Å². The third kappa shape index (κ3) is 4.70. The number of methoxy groups -OCH3 is 2. The number of benzene rings is 1. The Balaban J connectivity index is 0.000000758. The lowest BCUT2D eigenvalue weighted by Gasteiger charge is -2.08. The Hall–Kier alpha value is -3.14. The second kappa shape index (κ2) is 9.37. The number of aromatic nitrogens is 4. The molecular weight excluding hydrogens is 358 g/mol. The number of rotatable bonds is 6. The van der Waals surface area contributed by atoms with Crippen LogP contribution >= 0.6 is 11.3 Å². The summed E-state index contributed by atoms with van der Waals surface area (Å²) in [5.74, 6) is 2.77. The van der Waals surface area contributed by atoms with E-state index in [1.165, 1.54) is 11.3 Å². The van der Waals surface area contributed by atoms with Crippen LogP contribution in [0.2, 0.25) is 0 Å². The highest BCUT2D eigenvalue weighted by atomic mass is 32.1. The largest absolute Gasteiger partial charge is 0.493 e. The first-order chi connectivity index (χ1) is 12.6. The lowest BCUT2D eigenvalue weighted by atomic mass is 10.1. The minimum absolute atomic E-state index is 0.250. The van der Waals surface area contributed by atoms with Crippen LogP contribution in [0.1, 0.15) is 11.4 Å². The molecule has 0 aliphatic carbocycles. The van der Waals surface area contributed by atoms with E-state index >= 15 is 0 Å². The van der Waals surface area contributed by atoms with Crippen molar-refractivity contribution in [1.82, 2.24) is 20.2 Å². The first kappa shape index (κ1) is 19.2. The summed E-state index contributed by atoms with van der Waals surface area (Å²) in [6, 6.07) is 5.79. The molecule has 0 aliphatic rings. The van der Waals surface area contributed by atoms with Crippen molar-refractivity contribution in [3.8, 4) is 23.0 Å². The number of hydrogen-bond acceptors (Lipinski definition) is 8. The molecule has 10 heteroatoms. The Morgan fingerprint density at radius 3 is 2.62 bits per heavy atom. The molecule has 0 saturated heterocycles. The van der Waals surface area contributed by atoms with Crippen LogP contribution in [0.3, 0.4) is 0 Å². The fourth-order valence-corrected chi connectivity index (χ4v) is 2.81. The zero-order valence-electron chi connectivity index (χ0n) is 14.5. The van der Waals surface area contributed by atoms with Crippen molar-refractivity contribution in [1.29, 1.82) is 0 Å². The third-order valence-corrected chi connectivity index (χ3v) is 4.16. The van der Waals surface area contributed by atoms with Gasteiger partial charge in [0.1, 0.15) is 11.5 Å². The summed E-state index contributed by atoms with van der Waals surface area (Å²) in [6.45, 7) is -0.250. The molecular formula is C16H19N5O4S. The minimum Gasteiger partial charge on any atom is -0.493 e. The van der Waals surface area contributed by atoms with E-state index in [-0.39, 0.29) is 6.47 Å². The summed E-state index contributed by atoms with van der Waals surface area (Å²) in [4.78, 5) is 17.3. The number of hydrogen-bond donors (Lipinski definition) is 3. The second-order valence-electron chi connectivity index (χ2n) is 4.87. The van der Waals surface area contributed by atoms with Crippen molar-refractivity contribution in [3.63, 3.8) is 0 Å². The van der Waals surface area contributed by atoms with Crippen molar-refractivity contribution in [2.75, 3.05) is 26.6 Å². The number of thiazole rings is 1. The summed E-state index contributed by atoms with van der Waals surface area (Å²) in [5, 5.41) is 19.8. The monoisotopic (exact) mass is 377 g/mol. The average molecular weight is 377 g/mol. The molecule has 2 aromatic heterocycles. The maximum atomic E-state index is 8.36. The van der Waals surface area contributed by atoms with Crippen LogP contribution in [0.15, 0.2) is 23.6 Å². The number of carbonyl (C=O) groups is 1. The Bertz CT molecular complexity index is 849. The van der Waals surface area contributed by atoms with Gasteiger partial charge in [-0.15, -0.1) is 11.3 Å². The van der Waals surface area contributed by atoms with E-state index in [1.807, 2.05) is 30.6 Å². The fraction of sp³-hybridized carbons (Fsp3) is 0.250. The first-order valence-corrected chi connectivity index (χ1v) is 8.36. The highest BCUT2D eigenvalue weighted by Gasteiger charge is 2.11. The highest BCUT2D eigenvalue weighted by molar-refractivity contribution is 7.14. The molecule has 138 valence electrons. The maximum absolute atomic E-state index is 8.36. The second-order valence-corrected chi connectivity index (χ2v) is 5.72. The Morgan fingerprint density at radius 1 is 1.27 bits per heavy atom. The Labute approximate surface area is 154 Å². The molecule has 0 saturated carbocycles. The topological polar surface area (TPSA) is 122 Å². The molecule has 3 rings (SSSR count). The quantitative estimate of drug-likeness (QED) is 0.559. The van der Waals surface area contributed by atoms with Crippen LogP contribution in [-0.2, 0) is 11.2 Å².